The Kier molecular flexibility index (Phi) is 6.17. The highest BCUT2D eigenvalue weighted by Crippen LogP contribution is 2.31. The van der Waals surface area contributed by atoms with E-state index in [2.05, 4.69) is 21.9 Å². The minimum atomic E-state index is -2.48. The number of aryl methyl sites for hydroxylation is 1. The first kappa shape index (κ1) is 21.2. The molecule has 4 rings (SSSR count). The molecule has 1 saturated heterocycles. The van der Waals surface area contributed by atoms with Crippen LogP contribution in [0.3, 0.4) is 0 Å². The average molecular weight is 448 g/mol. The highest BCUT2D eigenvalue weighted by molar-refractivity contribution is 7.15. The number of ether oxygens (including phenoxy) is 1. The van der Waals surface area contributed by atoms with Crippen molar-refractivity contribution in [1.82, 2.24) is 19.4 Å². The highest BCUT2D eigenvalue weighted by Gasteiger charge is 2.28. The molecule has 1 aliphatic rings. The molecule has 3 aromatic heterocycles. The van der Waals surface area contributed by atoms with Gasteiger partial charge in [0.05, 0.1) is 23.5 Å². The zero-order valence-electron chi connectivity index (χ0n) is 17.1. The zero-order chi connectivity index (χ0) is 22.0. The van der Waals surface area contributed by atoms with Gasteiger partial charge in [-0.25, -0.2) is 13.8 Å². The lowest BCUT2D eigenvalue weighted by Gasteiger charge is -2.23. The van der Waals surface area contributed by atoms with Gasteiger partial charge in [-0.2, -0.15) is 4.98 Å². The van der Waals surface area contributed by atoms with Crippen molar-refractivity contribution in [3.8, 4) is 5.88 Å². The van der Waals surface area contributed by atoms with E-state index in [4.69, 9.17) is 4.74 Å². The summed E-state index contributed by atoms with van der Waals surface area (Å²) >= 11 is 1.47. The molecule has 164 valence electrons. The van der Waals surface area contributed by atoms with Crippen molar-refractivity contribution in [1.29, 1.82) is 0 Å². The summed E-state index contributed by atoms with van der Waals surface area (Å²) in [5, 5.41) is 4.42. The second-order valence-electron chi connectivity index (χ2n) is 7.35. The molecule has 1 fully saturated rings. The number of hydrogen-bond acceptors (Lipinski definition) is 6. The number of alkyl halides is 2. The van der Waals surface area contributed by atoms with E-state index in [0.29, 0.717) is 34.3 Å². The summed E-state index contributed by atoms with van der Waals surface area (Å²) in [6.07, 6.45) is 3.89. The molecule has 1 amide bonds. The number of aromatic nitrogens is 3. The first-order valence-corrected chi connectivity index (χ1v) is 10.8. The summed E-state index contributed by atoms with van der Waals surface area (Å²) in [6, 6.07) is 3.35. The second kappa shape index (κ2) is 9.01. The summed E-state index contributed by atoms with van der Waals surface area (Å²) in [6.45, 7) is 6.01. The summed E-state index contributed by atoms with van der Waals surface area (Å²) in [7, 11) is 0. The molecule has 0 bridgehead atoms. The number of amides is 1. The van der Waals surface area contributed by atoms with E-state index >= 15 is 0 Å². The van der Waals surface area contributed by atoms with Crippen molar-refractivity contribution < 1.29 is 18.3 Å². The molecule has 7 nitrogen and oxygen atoms in total. The average Bonchev–Trinajstić information content (AvgIpc) is 3.46. The number of fused-ring (bicyclic) bond motifs is 1. The predicted octanol–water partition coefficient (Wildman–Crippen LogP) is 4.37. The number of carbonyl (C=O) groups is 1. The Morgan fingerprint density at radius 3 is 3.06 bits per heavy atom. The number of pyridine rings is 1. The summed E-state index contributed by atoms with van der Waals surface area (Å²) in [5.41, 5.74) is 0.589. The quantitative estimate of drug-likeness (QED) is 0.520. The third-order valence-corrected chi connectivity index (χ3v) is 6.00. The van der Waals surface area contributed by atoms with Crippen LogP contribution < -0.4 is 10.1 Å². The van der Waals surface area contributed by atoms with Crippen LogP contribution >= 0.6 is 11.3 Å². The molecule has 1 unspecified atom stereocenters. The highest BCUT2D eigenvalue weighted by atomic mass is 32.1. The fourth-order valence-electron chi connectivity index (χ4n) is 3.75. The van der Waals surface area contributed by atoms with E-state index < -0.39 is 13.0 Å². The van der Waals surface area contributed by atoms with Gasteiger partial charge in [0, 0.05) is 29.9 Å². The van der Waals surface area contributed by atoms with Crippen LogP contribution in [0, 0.1) is 6.92 Å². The number of hydrogen-bond donors (Lipinski definition) is 1. The fraction of sp³-hybridized carbons (Fsp3) is 0.381. The molecule has 0 aromatic carbocycles. The molecule has 31 heavy (non-hydrogen) atoms. The first-order chi connectivity index (χ1) is 14.9. The van der Waals surface area contributed by atoms with Crippen molar-refractivity contribution in [2.75, 3.05) is 18.5 Å². The molecule has 0 saturated carbocycles. The van der Waals surface area contributed by atoms with Crippen LogP contribution in [-0.2, 0) is 11.3 Å². The van der Waals surface area contributed by atoms with Crippen molar-refractivity contribution in [2.24, 2.45) is 0 Å². The lowest BCUT2D eigenvalue weighted by Crippen LogP contribution is -2.38. The minimum absolute atomic E-state index is 0.0799. The normalized spacial score (nSPS) is 16.3. The maximum Gasteiger partial charge on any atom is 0.256 e. The van der Waals surface area contributed by atoms with E-state index in [0.717, 1.165) is 17.7 Å². The molecule has 0 aliphatic carbocycles. The van der Waals surface area contributed by atoms with Gasteiger partial charge in [-0.05, 0) is 31.9 Å². The minimum Gasteiger partial charge on any atom is -0.475 e. The van der Waals surface area contributed by atoms with Crippen molar-refractivity contribution in [2.45, 2.75) is 38.8 Å². The lowest BCUT2D eigenvalue weighted by atomic mass is 10.2. The number of anilines is 2. The molecule has 0 radical (unpaired) electrons. The van der Waals surface area contributed by atoms with Crippen LogP contribution in [0.5, 0.6) is 5.88 Å². The van der Waals surface area contributed by atoms with Crippen molar-refractivity contribution in [3.05, 3.63) is 42.1 Å². The maximum atomic E-state index is 13.0. The van der Waals surface area contributed by atoms with Gasteiger partial charge >= 0.3 is 0 Å². The standard InChI is InChI=1S/C21H23F2N5O2S/c1-3-19(29)28-7-4-5-14(28)12-30-20-15-6-8-27(11-17(22)23)16(15)9-18(25-20)26-21-24-10-13(2)31-21/h3,6,8-10,14,17H,1,4-5,7,11-12H2,2H3,(H,24,25,26). The van der Waals surface area contributed by atoms with E-state index in [9.17, 15) is 13.6 Å². The molecule has 1 atom stereocenters. The molecule has 4 heterocycles. The second-order valence-corrected chi connectivity index (χ2v) is 8.58. The predicted molar refractivity (Wildman–Crippen MR) is 116 cm³/mol. The molecule has 10 heteroatoms. The largest absolute Gasteiger partial charge is 0.475 e. The Balaban J connectivity index is 1.63. The first-order valence-electron chi connectivity index (χ1n) is 9.98. The molecule has 1 N–H and O–H groups in total. The van der Waals surface area contributed by atoms with Crippen LogP contribution in [0.4, 0.5) is 19.7 Å². The number of rotatable bonds is 8. The smallest absolute Gasteiger partial charge is 0.256 e. The van der Waals surface area contributed by atoms with E-state index in [1.165, 1.54) is 22.0 Å². The number of nitrogens with one attached hydrogen (secondary N) is 1. The van der Waals surface area contributed by atoms with Gasteiger partial charge in [-0.3, -0.25) is 4.79 Å². The van der Waals surface area contributed by atoms with Gasteiger partial charge < -0.3 is 19.5 Å². The Labute approximate surface area is 182 Å². The topological polar surface area (TPSA) is 72.3 Å². The number of likely N-dealkylation sites (tertiary alicyclic amines) is 1. The van der Waals surface area contributed by atoms with E-state index in [1.54, 1.807) is 29.4 Å². The Bertz CT molecular complexity index is 1100. The molecule has 3 aromatic rings. The number of thiazole rings is 1. The summed E-state index contributed by atoms with van der Waals surface area (Å²) in [4.78, 5) is 23.7. The van der Waals surface area contributed by atoms with Crippen LogP contribution in [0.25, 0.3) is 10.9 Å². The summed E-state index contributed by atoms with van der Waals surface area (Å²) < 4.78 is 33.6. The van der Waals surface area contributed by atoms with E-state index in [-0.39, 0.29) is 18.6 Å². The SMILES string of the molecule is C=CC(=O)N1CCCC1COc1nc(Nc2ncc(C)s2)cc2c1ccn2CC(F)F. The van der Waals surface area contributed by atoms with Crippen molar-refractivity contribution in [3.63, 3.8) is 0 Å². The number of halogens is 2. The third kappa shape index (κ3) is 4.68. The molecule has 1 aliphatic heterocycles. The van der Waals surface area contributed by atoms with Gasteiger partial charge in [0.1, 0.15) is 12.4 Å². The number of nitrogens with zero attached hydrogens (tertiary/aromatic N) is 4. The third-order valence-electron chi connectivity index (χ3n) is 5.17. The number of carbonyl (C=O) groups excluding carboxylic acids is 1. The van der Waals surface area contributed by atoms with Gasteiger partial charge in [-0.15, -0.1) is 11.3 Å². The zero-order valence-corrected chi connectivity index (χ0v) is 17.9. The summed E-state index contributed by atoms with van der Waals surface area (Å²) in [5.74, 6) is 0.664. The molecule has 0 spiro atoms. The maximum absolute atomic E-state index is 13.0. The van der Waals surface area contributed by atoms with Gasteiger partial charge in [0.2, 0.25) is 11.8 Å². The van der Waals surface area contributed by atoms with Crippen LogP contribution in [0.2, 0.25) is 0 Å². The van der Waals surface area contributed by atoms with Gasteiger partial charge in [0.15, 0.2) is 5.13 Å². The van der Waals surface area contributed by atoms with Gasteiger partial charge in [0.25, 0.3) is 6.43 Å². The van der Waals surface area contributed by atoms with E-state index in [1.807, 2.05) is 6.92 Å². The van der Waals surface area contributed by atoms with Crippen LogP contribution in [-0.4, -0.2) is 51.0 Å². The lowest BCUT2D eigenvalue weighted by molar-refractivity contribution is -0.127. The Morgan fingerprint density at radius 2 is 2.35 bits per heavy atom. The Hall–Kier alpha value is -3.01. The van der Waals surface area contributed by atoms with Crippen molar-refractivity contribution >= 4 is 39.1 Å². The molecular weight excluding hydrogens is 424 g/mol. The van der Waals surface area contributed by atoms with Crippen LogP contribution in [0.15, 0.2) is 37.2 Å². The van der Waals surface area contributed by atoms with Crippen LogP contribution in [0.1, 0.15) is 17.7 Å². The monoisotopic (exact) mass is 447 g/mol. The Morgan fingerprint density at radius 1 is 1.52 bits per heavy atom. The molecular formula is C21H23F2N5O2S. The van der Waals surface area contributed by atoms with Gasteiger partial charge in [-0.1, -0.05) is 6.58 Å². The fourth-order valence-corrected chi connectivity index (χ4v) is 4.42.